The number of amides is 1. The van der Waals surface area contributed by atoms with Gasteiger partial charge in [-0.05, 0) is 25.0 Å². The van der Waals surface area contributed by atoms with Crippen molar-refractivity contribution in [2.45, 2.75) is 31.9 Å². The van der Waals surface area contributed by atoms with Crippen LogP contribution in [0.3, 0.4) is 0 Å². The van der Waals surface area contributed by atoms with Crippen LogP contribution in [0.5, 0.6) is 5.75 Å². The van der Waals surface area contributed by atoms with Gasteiger partial charge in [0.15, 0.2) is 11.6 Å². The molecule has 6 nitrogen and oxygen atoms in total. The summed E-state index contributed by atoms with van der Waals surface area (Å²) in [5.41, 5.74) is 0. The molecule has 0 atom stereocenters. The highest BCUT2D eigenvalue weighted by molar-refractivity contribution is 5.78. The molecule has 0 aliphatic heterocycles. The van der Waals surface area contributed by atoms with Crippen LogP contribution in [0.25, 0.3) is 0 Å². The Morgan fingerprint density at radius 1 is 1.35 bits per heavy atom. The van der Waals surface area contributed by atoms with Crippen LogP contribution in [0.1, 0.15) is 24.5 Å². The maximum atomic E-state index is 11.6. The molecule has 6 heteroatoms. The number of rotatable bonds is 6. The number of para-hydroxylation sites is 1. The second kappa shape index (κ2) is 5.73. The van der Waals surface area contributed by atoms with Crippen LogP contribution in [0, 0.1) is 0 Å². The molecule has 0 radical (unpaired) electrons. The Hall–Kier alpha value is -2.37. The van der Waals surface area contributed by atoms with E-state index in [9.17, 15) is 4.79 Å². The number of hydrogen-bond acceptors (Lipinski definition) is 4. The first-order valence-corrected chi connectivity index (χ1v) is 6.67. The minimum atomic E-state index is -0.0259. The van der Waals surface area contributed by atoms with Crippen molar-refractivity contribution in [1.29, 1.82) is 0 Å². The van der Waals surface area contributed by atoms with Crippen molar-refractivity contribution in [3.63, 3.8) is 0 Å². The first-order valence-electron chi connectivity index (χ1n) is 6.67. The monoisotopic (exact) mass is 272 g/mol. The van der Waals surface area contributed by atoms with Crippen molar-refractivity contribution in [3.05, 3.63) is 42.0 Å². The number of H-pyrrole nitrogens is 1. The first-order chi connectivity index (χ1) is 9.79. The van der Waals surface area contributed by atoms with Gasteiger partial charge in [0.05, 0.1) is 6.42 Å². The SMILES string of the molecule is O=C(Cc1n[nH]c(COc2ccccc2)n1)NC1CC1. The molecular formula is C14H16N4O2. The van der Waals surface area contributed by atoms with Crippen molar-refractivity contribution in [1.82, 2.24) is 20.5 Å². The summed E-state index contributed by atoms with van der Waals surface area (Å²) in [4.78, 5) is 15.9. The Morgan fingerprint density at radius 2 is 2.15 bits per heavy atom. The summed E-state index contributed by atoms with van der Waals surface area (Å²) in [6, 6.07) is 9.85. The number of nitrogens with zero attached hydrogens (tertiary/aromatic N) is 2. The number of carbonyl (C=O) groups is 1. The third kappa shape index (κ3) is 3.57. The molecular weight excluding hydrogens is 256 g/mol. The van der Waals surface area contributed by atoms with Crippen molar-refractivity contribution >= 4 is 5.91 Å². The Labute approximate surface area is 116 Å². The van der Waals surface area contributed by atoms with Gasteiger partial charge in [-0.2, -0.15) is 5.10 Å². The Balaban J connectivity index is 1.49. The minimum Gasteiger partial charge on any atom is -0.486 e. The summed E-state index contributed by atoms with van der Waals surface area (Å²) < 4.78 is 5.55. The number of aromatic nitrogens is 3. The molecule has 1 aliphatic rings. The number of hydrogen-bond donors (Lipinski definition) is 2. The maximum absolute atomic E-state index is 11.6. The Bertz CT molecular complexity index is 578. The van der Waals surface area contributed by atoms with E-state index >= 15 is 0 Å². The van der Waals surface area contributed by atoms with Gasteiger partial charge < -0.3 is 10.1 Å². The Kier molecular flexibility index (Phi) is 3.62. The molecule has 2 aromatic rings. The third-order valence-corrected chi connectivity index (χ3v) is 2.96. The predicted octanol–water partition coefficient (Wildman–Crippen LogP) is 1.20. The van der Waals surface area contributed by atoms with E-state index in [2.05, 4.69) is 20.5 Å². The average molecular weight is 272 g/mol. The van der Waals surface area contributed by atoms with Crippen LogP contribution < -0.4 is 10.1 Å². The lowest BCUT2D eigenvalue weighted by Crippen LogP contribution is -2.27. The summed E-state index contributed by atoms with van der Waals surface area (Å²) in [6.07, 6.45) is 2.37. The van der Waals surface area contributed by atoms with Crippen molar-refractivity contribution < 1.29 is 9.53 Å². The molecule has 1 amide bonds. The van der Waals surface area contributed by atoms with Crippen LogP contribution in [-0.4, -0.2) is 27.1 Å². The molecule has 2 N–H and O–H groups in total. The lowest BCUT2D eigenvalue weighted by atomic mass is 10.3. The topological polar surface area (TPSA) is 79.9 Å². The highest BCUT2D eigenvalue weighted by Gasteiger charge is 2.23. The van der Waals surface area contributed by atoms with Gasteiger partial charge in [-0.3, -0.25) is 9.89 Å². The number of aromatic amines is 1. The summed E-state index contributed by atoms with van der Waals surface area (Å²) in [6.45, 7) is 0.307. The van der Waals surface area contributed by atoms with Crippen LogP contribution in [-0.2, 0) is 17.8 Å². The zero-order valence-corrected chi connectivity index (χ0v) is 11.0. The standard InChI is InChI=1S/C14H16N4O2/c19-14(15-10-6-7-10)8-12-16-13(18-17-12)9-20-11-4-2-1-3-5-11/h1-5,10H,6-9H2,(H,15,19)(H,16,17,18). The molecule has 0 spiro atoms. The van der Waals surface area contributed by atoms with E-state index in [1.807, 2.05) is 30.3 Å². The summed E-state index contributed by atoms with van der Waals surface area (Å²) in [5, 5.41) is 9.71. The molecule has 1 aliphatic carbocycles. The normalized spacial score (nSPS) is 14.0. The van der Waals surface area contributed by atoms with Gasteiger partial charge in [0.2, 0.25) is 5.91 Å². The summed E-state index contributed by atoms with van der Waals surface area (Å²) in [5.74, 6) is 1.86. The molecule has 20 heavy (non-hydrogen) atoms. The molecule has 3 rings (SSSR count). The minimum absolute atomic E-state index is 0.0259. The fourth-order valence-corrected chi connectivity index (χ4v) is 1.80. The van der Waals surface area contributed by atoms with Crippen LogP contribution in [0.4, 0.5) is 0 Å². The second-order valence-electron chi connectivity index (χ2n) is 4.82. The molecule has 1 saturated carbocycles. The van der Waals surface area contributed by atoms with E-state index in [1.165, 1.54) is 0 Å². The smallest absolute Gasteiger partial charge is 0.227 e. The van der Waals surface area contributed by atoms with Crippen LogP contribution in [0.15, 0.2) is 30.3 Å². The molecule has 1 aromatic carbocycles. The molecule has 1 fully saturated rings. The summed E-state index contributed by atoms with van der Waals surface area (Å²) >= 11 is 0. The van der Waals surface area contributed by atoms with Crippen molar-refractivity contribution in [2.24, 2.45) is 0 Å². The van der Waals surface area contributed by atoms with Gasteiger partial charge in [-0.1, -0.05) is 18.2 Å². The molecule has 1 heterocycles. The lowest BCUT2D eigenvalue weighted by Gasteiger charge is -2.02. The van der Waals surface area contributed by atoms with Gasteiger partial charge in [-0.15, -0.1) is 0 Å². The molecule has 1 aromatic heterocycles. The van der Waals surface area contributed by atoms with Crippen molar-refractivity contribution in [2.75, 3.05) is 0 Å². The molecule has 0 bridgehead atoms. The fraction of sp³-hybridized carbons (Fsp3) is 0.357. The Morgan fingerprint density at radius 3 is 2.90 bits per heavy atom. The number of nitrogens with one attached hydrogen (secondary N) is 2. The highest BCUT2D eigenvalue weighted by atomic mass is 16.5. The van der Waals surface area contributed by atoms with Gasteiger partial charge in [-0.25, -0.2) is 4.98 Å². The highest BCUT2D eigenvalue weighted by Crippen LogP contribution is 2.18. The predicted molar refractivity (Wildman–Crippen MR) is 72.0 cm³/mol. The lowest BCUT2D eigenvalue weighted by molar-refractivity contribution is -0.120. The maximum Gasteiger partial charge on any atom is 0.227 e. The number of benzene rings is 1. The summed E-state index contributed by atoms with van der Waals surface area (Å²) in [7, 11) is 0. The van der Waals surface area contributed by atoms with Gasteiger partial charge in [0, 0.05) is 6.04 Å². The number of ether oxygens (including phenoxy) is 1. The molecule has 0 unspecified atom stereocenters. The molecule has 104 valence electrons. The largest absolute Gasteiger partial charge is 0.486 e. The third-order valence-electron chi connectivity index (χ3n) is 2.96. The van der Waals surface area contributed by atoms with Crippen LogP contribution >= 0.6 is 0 Å². The van der Waals surface area contributed by atoms with E-state index in [1.54, 1.807) is 0 Å². The van der Waals surface area contributed by atoms with E-state index < -0.39 is 0 Å². The van der Waals surface area contributed by atoms with Gasteiger partial charge in [0.1, 0.15) is 12.4 Å². The van der Waals surface area contributed by atoms with E-state index in [0.29, 0.717) is 24.3 Å². The van der Waals surface area contributed by atoms with Gasteiger partial charge in [0.25, 0.3) is 0 Å². The van der Waals surface area contributed by atoms with E-state index in [4.69, 9.17) is 4.74 Å². The quantitative estimate of drug-likeness (QED) is 0.828. The van der Waals surface area contributed by atoms with Crippen molar-refractivity contribution in [3.8, 4) is 5.75 Å². The zero-order chi connectivity index (χ0) is 13.8. The van der Waals surface area contributed by atoms with Gasteiger partial charge >= 0.3 is 0 Å². The second-order valence-corrected chi connectivity index (χ2v) is 4.82. The number of carbonyl (C=O) groups excluding carboxylic acids is 1. The zero-order valence-electron chi connectivity index (χ0n) is 11.0. The average Bonchev–Trinajstić information content (AvgIpc) is 3.15. The van der Waals surface area contributed by atoms with Crippen LogP contribution in [0.2, 0.25) is 0 Å². The first kappa shape index (κ1) is 12.7. The van der Waals surface area contributed by atoms with E-state index in [-0.39, 0.29) is 12.3 Å². The molecule has 0 saturated heterocycles. The van der Waals surface area contributed by atoms with E-state index in [0.717, 1.165) is 18.6 Å². The fourth-order valence-electron chi connectivity index (χ4n) is 1.80.